The zero-order valence-electron chi connectivity index (χ0n) is 2.15. The van der Waals surface area contributed by atoms with Crippen molar-refractivity contribution in [3.8, 4) is 0 Å². The van der Waals surface area contributed by atoms with Crippen LogP contribution in [-0.2, 0) is 0 Å². The molecule has 0 aromatic heterocycles. The van der Waals surface area contributed by atoms with Crippen molar-refractivity contribution in [3.05, 3.63) is 0 Å². The summed E-state index contributed by atoms with van der Waals surface area (Å²) in [5, 5.41) is 0. The monoisotopic (exact) mass is 470 g/mol. The maximum atomic E-state index is 0. The first-order chi connectivity index (χ1) is 0. The third kappa shape index (κ3) is 17.9. The second-order valence-corrected chi connectivity index (χ2v) is 0. The maximum absolute atomic E-state index is 0. The second kappa shape index (κ2) is 24.3. The van der Waals surface area contributed by atoms with E-state index in [-0.39, 0.29) is 135 Å². The maximum Gasteiger partial charge on any atom is 0 e. The van der Waals surface area contributed by atoms with Crippen molar-refractivity contribution in [1.82, 2.24) is 0 Å². The molecule has 2 N–H and O–H groups in total. The Bertz CT molecular complexity index is 11.6. The standard InChI is InChI=1S/Ce.La.H2O.Pr.H4Si/h;;1H2;;1H4. The van der Waals surface area contributed by atoms with Gasteiger partial charge in [-0.2, -0.15) is 0 Å². The van der Waals surface area contributed by atoms with Crippen LogP contribution >= 0.6 is 0 Å². The fourth-order valence-electron chi connectivity index (χ4n) is 0. The largest absolute Gasteiger partial charge is 0.412 e. The molecule has 0 aliphatic rings. The molecule has 0 fully saturated rings. The minimum absolute atomic E-state index is 0. The van der Waals surface area contributed by atoms with Crippen LogP contribution < -0.4 is 0 Å². The van der Waals surface area contributed by atoms with Gasteiger partial charge in [-0.25, -0.2) is 0 Å². The Balaban J connectivity index is 0. The van der Waals surface area contributed by atoms with Gasteiger partial charge >= 0.3 is 0 Å². The molecule has 2 radical (unpaired) electrons. The summed E-state index contributed by atoms with van der Waals surface area (Å²) in [7, 11) is 0. The summed E-state index contributed by atoms with van der Waals surface area (Å²) in [6.45, 7) is 0. The normalized spacial score (nSPS) is 0. The topological polar surface area (TPSA) is 31.5 Å². The van der Waals surface area contributed by atoms with Crippen LogP contribution in [0, 0.1) is 119 Å². The summed E-state index contributed by atoms with van der Waals surface area (Å²) in [6, 6.07) is 0. The van der Waals surface area contributed by atoms with E-state index in [4.69, 9.17) is 0 Å². The van der Waals surface area contributed by atoms with Gasteiger partial charge in [-0.3, -0.25) is 0 Å². The van der Waals surface area contributed by atoms with Crippen molar-refractivity contribution in [2.45, 2.75) is 0 Å². The van der Waals surface area contributed by atoms with Crippen LogP contribution in [0.4, 0.5) is 0 Å². The Morgan fingerprint density at radius 2 is 1.00 bits per heavy atom. The Hall–Kier alpha value is 4.11. The van der Waals surface area contributed by atoms with E-state index in [0.717, 1.165) is 0 Å². The molecule has 0 amide bonds. The molecule has 0 aliphatic carbocycles. The average molecular weight is 470 g/mol. The Labute approximate surface area is 131 Å². The smallest absolute Gasteiger partial charge is 0 e. The van der Waals surface area contributed by atoms with E-state index in [2.05, 4.69) is 0 Å². The van der Waals surface area contributed by atoms with Gasteiger partial charge in [0.1, 0.15) is 0 Å². The van der Waals surface area contributed by atoms with Crippen LogP contribution in [0.1, 0.15) is 0 Å². The first-order valence-corrected chi connectivity index (χ1v) is 0. The molecule has 5 heavy (non-hydrogen) atoms. The molecule has 0 rings (SSSR count). The van der Waals surface area contributed by atoms with E-state index < -0.39 is 0 Å². The molecular formula is H6CeLaOPrSi. The van der Waals surface area contributed by atoms with Gasteiger partial charge in [0.2, 0.25) is 0 Å². The van der Waals surface area contributed by atoms with Crippen molar-refractivity contribution in [2.75, 3.05) is 0 Å². The van der Waals surface area contributed by atoms with Gasteiger partial charge < -0.3 is 5.48 Å². The SMILES string of the molecule is O.[Ce].[La].[Pr].[SiH4]. The third-order valence-corrected chi connectivity index (χ3v) is 0. The zero-order chi connectivity index (χ0) is 0. The Morgan fingerprint density at radius 3 is 1.00 bits per heavy atom. The molecule has 1 nitrogen and oxygen atoms in total. The molecule has 0 unspecified atom stereocenters. The van der Waals surface area contributed by atoms with Gasteiger partial charge in [-0.1, -0.05) is 0 Å². The van der Waals surface area contributed by atoms with Crippen LogP contribution in [0.2, 0.25) is 0 Å². The molecule has 0 heterocycles. The van der Waals surface area contributed by atoms with Crippen molar-refractivity contribution >= 4 is 11.0 Å². The second-order valence-electron chi connectivity index (χ2n) is 0. The molecule has 0 aliphatic heterocycles. The molecule has 0 aromatic rings. The number of rotatable bonds is 0. The van der Waals surface area contributed by atoms with Gasteiger partial charge in [-0.05, 0) is 11.0 Å². The quantitative estimate of drug-likeness (QED) is 0.358. The van der Waals surface area contributed by atoms with Crippen LogP contribution in [0.25, 0.3) is 0 Å². The number of hydrogen-bond acceptors (Lipinski definition) is 0. The zero-order valence-corrected chi connectivity index (χ0v) is 12.6. The van der Waals surface area contributed by atoms with Crippen LogP contribution in [-0.4, -0.2) is 16.4 Å². The van der Waals surface area contributed by atoms with Crippen molar-refractivity contribution in [3.63, 3.8) is 0 Å². The Morgan fingerprint density at radius 1 is 1.00 bits per heavy atom. The molecule has 0 atom stereocenters. The van der Waals surface area contributed by atoms with Crippen LogP contribution in [0.15, 0.2) is 0 Å². The van der Waals surface area contributed by atoms with E-state index in [9.17, 15) is 0 Å². The van der Waals surface area contributed by atoms with Crippen molar-refractivity contribution in [2.24, 2.45) is 0 Å². The van der Waals surface area contributed by atoms with Gasteiger partial charge in [0, 0.05) is 119 Å². The first-order valence-electron chi connectivity index (χ1n) is 0. The predicted octanol–water partition coefficient (Wildman–Crippen LogP) is -2.28. The van der Waals surface area contributed by atoms with Crippen LogP contribution in [0.5, 0.6) is 0 Å². The van der Waals surface area contributed by atoms with E-state index in [1.165, 1.54) is 0 Å². The number of hydrogen-bond donors (Lipinski definition) is 0. The summed E-state index contributed by atoms with van der Waals surface area (Å²) in [6.07, 6.45) is 0. The molecule has 5 heteroatoms. The van der Waals surface area contributed by atoms with Crippen molar-refractivity contribution < 1.29 is 124 Å². The van der Waals surface area contributed by atoms with E-state index in [0.29, 0.717) is 0 Å². The summed E-state index contributed by atoms with van der Waals surface area (Å²) >= 11 is 0. The summed E-state index contributed by atoms with van der Waals surface area (Å²) in [5.41, 5.74) is 0. The van der Waals surface area contributed by atoms with Crippen molar-refractivity contribution in [1.29, 1.82) is 0 Å². The predicted molar refractivity (Wildman–Crippen MR) is 14.9 cm³/mol. The molecule has 0 saturated carbocycles. The minimum Gasteiger partial charge on any atom is -0.412 e. The fraction of sp³-hybridized carbons (Fsp3) is 0. The Kier molecular flexibility index (Phi) is 172. The summed E-state index contributed by atoms with van der Waals surface area (Å²) in [5.74, 6) is 0. The molecule has 26 valence electrons. The molecule has 0 bridgehead atoms. The first kappa shape index (κ1) is 35.5. The van der Waals surface area contributed by atoms with E-state index in [1.54, 1.807) is 0 Å². The fourth-order valence-corrected chi connectivity index (χ4v) is 0. The van der Waals surface area contributed by atoms with Crippen LogP contribution in [0.3, 0.4) is 0 Å². The molecule has 0 saturated heterocycles. The molecule has 0 aromatic carbocycles. The van der Waals surface area contributed by atoms with Gasteiger partial charge in [0.25, 0.3) is 0 Å². The minimum atomic E-state index is 0. The third-order valence-electron chi connectivity index (χ3n) is 0. The van der Waals surface area contributed by atoms with E-state index in [1.807, 2.05) is 0 Å². The molecule has 0 spiro atoms. The summed E-state index contributed by atoms with van der Waals surface area (Å²) < 4.78 is 0. The van der Waals surface area contributed by atoms with Gasteiger partial charge in [-0.15, -0.1) is 0 Å². The summed E-state index contributed by atoms with van der Waals surface area (Å²) in [4.78, 5) is 0. The average Bonchev–Trinajstić information content (AvgIpc) is 0. The van der Waals surface area contributed by atoms with Gasteiger partial charge in [0.15, 0.2) is 0 Å². The van der Waals surface area contributed by atoms with E-state index >= 15 is 0 Å². The van der Waals surface area contributed by atoms with Gasteiger partial charge in [0.05, 0.1) is 0 Å². The molecular weight excluding hydrogens is 464 g/mol.